The van der Waals surface area contributed by atoms with Gasteiger partial charge in [-0.25, -0.2) is 0 Å². The van der Waals surface area contributed by atoms with Crippen LogP contribution >= 0.6 is 0 Å². The molecule has 3 heterocycles. The van der Waals surface area contributed by atoms with Crippen molar-refractivity contribution in [3.05, 3.63) is 47.5 Å². The summed E-state index contributed by atoms with van der Waals surface area (Å²) in [7, 11) is 0. The Morgan fingerprint density at radius 2 is 2.29 bits per heavy atom. The zero-order valence-corrected chi connectivity index (χ0v) is 12.5. The molecule has 0 aromatic carbocycles. The number of rotatable bonds is 4. The number of H-pyrrole nitrogens is 1. The molecule has 2 aromatic heterocycles. The van der Waals surface area contributed by atoms with Gasteiger partial charge in [0.05, 0.1) is 17.9 Å². The van der Waals surface area contributed by atoms with Crippen LogP contribution in [0.15, 0.2) is 30.7 Å². The minimum Gasteiger partial charge on any atom is -0.373 e. The molecular formula is C15H15F3N4O2. The number of aromatic nitrogens is 3. The van der Waals surface area contributed by atoms with Crippen molar-refractivity contribution in [1.82, 2.24) is 20.5 Å². The minimum absolute atomic E-state index is 0.0374. The fourth-order valence-corrected chi connectivity index (χ4v) is 2.75. The molecule has 2 atom stereocenters. The van der Waals surface area contributed by atoms with E-state index in [0.29, 0.717) is 13.0 Å². The van der Waals surface area contributed by atoms with Gasteiger partial charge in [0.15, 0.2) is 0 Å². The van der Waals surface area contributed by atoms with Crippen molar-refractivity contribution in [2.24, 2.45) is 5.92 Å². The predicted molar refractivity (Wildman–Crippen MR) is 77.0 cm³/mol. The zero-order valence-electron chi connectivity index (χ0n) is 12.5. The zero-order chi connectivity index (χ0) is 17.2. The second kappa shape index (κ2) is 6.60. The first-order chi connectivity index (χ1) is 11.5. The standard InChI is InChI=1S/C15H15F3N4O2/c16-15(17,18)11-2-1-4-19-12(11)14(23)20-6-9-3-5-24-13(9)10-7-21-22-8-10/h1-2,4,7-9,13H,3,5-6H2,(H,20,23)(H,21,22)/t9-,13+/m1/s1. The van der Waals surface area contributed by atoms with Crippen LogP contribution in [0.1, 0.15) is 34.1 Å². The van der Waals surface area contributed by atoms with Gasteiger partial charge < -0.3 is 10.1 Å². The average Bonchev–Trinajstić information content (AvgIpc) is 3.22. The van der Waals surface area contributed by atoms with Gasteiger partial charge in [-0.15, -0.1) is 0 Å². The van der Waals surface area contributed by atoms with E-state index in [-0.39, 0.29) is 18.6 Å². The fraction of sp³-hybridized carbons (Fsp3) is 0.400. The number of carbonyl (C=O) groups is 1. The van der Waals surface area contributed by atoms with Crippen molar-refractivity contribution in [3.8, 4) is 0 Å². The summed E-state index contributed by atoms with van der Waals surface area (Å²) in [6.45, 7) is 0.719. The summed E-state index contributed by atoms with van der Waals surface area (Å²) in [5.74, 6) is -0.884. The van der Waals surface area contributed by atoms with Gasteiger partial charge in [0.25, 0.3) is 5.91 Å². The molecule has 3 rings (SSSR count). The molecule has 0 radical (unpaired) electrons. The quantitative estimate of drug-likeness (QED) is 0.895. The van der Waals surface area contributed by atoms with Gasteiger partial charge in [0.1, 0.15) is 5.69 Å². The summed E-state index contributed by atoms with van der Waals surface area (Å²) < 4.78 is 44.5. The lowest BCUT2D eigenvalue weighted by atomic mass is 9.97. The van der Waals surface area contributed by atoms with Gasteiger partial charge in [-0.05, 0) is 18.6 Å². The van der Waals surface area contributed by atoms with Crippen molar-refractivity contribution in [2.75, 3.05) is 13.2 Å². The third-order valence-corrected chi connectivity index (χ3v) is 3.92. The lowest BCUT2D eigenvalue weighted by Gasteiger charge is -2.18. The van der Waals surface area contributed by atoms with E-state index >= 15 is 0 Å². The number of hydrogen-bond acceptors (Lipinski definition) is 4. The van der Waals surface area contributed by atoms with Crippen LogP contribution < -0.4 is 5.32 Å². The first kappa shape index (κ1) is 16.4. The van der Waals surface area contributed by atoms with E-state index in [2.05, 4.69) is 20.5 Å². The number of halogens is 3. The third-order valence-electron chi connectivity index (χ3n) is 3.92. The monoisotopic (exact) mass is 340 g/mol. The van der Waals surface area contributed by atoms with Crippen LogP contribution in [0.4, 0.5) is 13.2 Å². The summed E-state index contributed by atoms with van der Waals surface area (Å²) in [5.41, 5.74) is -0.819. The lowest BCUT2D eigenvalue weighted by Crippen LogP contribution is -2.32. The molecule has 2 N–H and O–H groups in total. The Morgan fingerprint density at radius 3 is 3.00 bits per heavy atom. The molecule has 6 nitrogen and oxygen atoms in total. The first-order valence-corrected chi connectivity index (χ1v) is 7.37. The molecule has 24 heavy (non-hydrogen) atoms. The summed E-state index contributed by atoms with van der Waals surface area (Å²) >= 11 is 0. The maximum atomic E-state index is 12.9. The Morgan fingerprint density at radius 1 is 1.46 bits per heavy atom. The Balaban J connectivity index is 1.68. The number of amides is 1. The maximum absolute atomic E-state index is 12.9. The molecule has 1 saturated heterocycles. The van der Waals surface area contributed by atoms with Gasteiger partial charge in [0, 0.05) is 37.0 Å². The molecule has 1 amide bonds. The predicted octanol–water partition coefficient (Wildman–Crippen LogP) is 2.33. The van der Waals surface area contributed by atoms with Crippen LogP contribution in [0.2, 0.25) is 0 Å². The molecule has 0 saturated carbocycles. The van der Waals surface area contributed by atoms with Crippen LogP contribution in [0.5, 0.6) is 0 Å². The van der Waals surface area contributed by atoms with Gasteiger partial charge in [-0.2, -0.15) is 18.3 Å². The smallest absolute Gasteiger partial charge is 0.373 e. The second-order valence-corrected chi connectivity index (χ2v) is 5.48. The van der Waals surface area contributed by atoms with E-state index in [1.165, 1.54) is 0 Å². The highest BCUT2D eigenvalue weighted by atomic mass is 19.4. The van der Waals surface area contributed by atoms with Gasteiger partial charge in [-0.1, -0.05) is 0 Å². The molecular weight excluding hydrogens is 325 g/mol. The van der Waals surface area contributed by atoms with Crippen molar-refractivity contribution in [3.63, 3.8) is 0 Å². The number of hydrogen-bond donors (Lipinski definition) is 2. The number of nitrogens with zero attached hydrogens (tertiary/aromatic N) is 2. The molecule has 1 aliphatic rings. The number of ether oxygens (including phenoxy) is 1. The largest absolute Gasteiger partial charge is 0.418 e. The SMILES string of the molecule is O=C(NC[C@H]1CCO[C@@H]1c1cn[nH]c1)c1ncccc1C(F)(F)F. The highest BCUT2D eigenvalue weighted by Gasteiger charge is 2.36. The molecule has 2 aromatic rings. The number of alkyl halides is 3. The third kappa shape index (κ3) is 3.40. The van der Waals surface area contributed by atoms with Gasteiger partial charge in [-0.3, -0.25) is 14.9 Å². The molecule has 1 aliphatic heterocycles. The number of aromatic amines is 1. The molecule has 0 unspecified atom stereocenters. The number of carbonyl (C=O) groups excluding carboxylic acids is 1. The summed E-state index contributed by atoms with van der Waals surface area (Å²) in [6.07, 6.45) is 0.324. The maximum Gasteiger partial charge on any atom is 0.418 e. The fourth-order valence-electron chi connectivity index (χ4n) is 2.75. The summed E-state index contributed by atoms with van der Waals surface area (Å²) in [5, 5.41) is 9.08. The topological polar surface area (TPSA) is 79.9 Å². The van der Waals surface area contributed by atoms with E-state index in [9.17, 15) is 18.0 Å². The highest BCUT2D eigenvalue weighted by molar-refractivity contribution is 5.93. The van der Waals surface area contributed by atoms with E-state index < -0.39 is 23.3 Å². The number of nitrogens with one attached hydrogen (secondary N) is 2. The minimum atomic E-state index is -4.63. The van der Waals surface area contributed by atoms with Crippen LogP contribution in [-0.4, -0.2) is 34.2 Å². The van der Waals surface area contributed by atoms with E-state index in [4.69, 9.17) is 4.74 Å². The van der Waals surface area contributed by atoms with Crippen molar-refractivity contribution in [1.29, 1.82) is 0 Å². The van der Waals surface area contributed by atoms with Gasteiger partial charge in [0.2, 0.25) is 0 Å². The van der Waals surface area contributed by atoms with E-state index in [1.54, 1.807) is 12.4 Å². The van der Waals surface area contributed by atoms with Crippen LogP contribution in [-0.2, 0) is 10.9 Å². The van der Waals surface area contributed by atoms with Crippen molar-refractivity contribution in [2.45, 2.75) is 18.7 Å². The first-order valence-electron chi connectivity index (χ1n) is 7.37. The summed E-state index contributed by atoms with van der Waals surface area (Å²) in [6, 6.07) is 1.99. The van der Waals surface area contributed by atoms with Crippen LogP contribution in [0.25, 0.3) is 0 Å². The molecule has 128 valence electrons. The lowest BCUT2D eigenvalue weighted by molar-refractivity contribution is -0.138. The highest BCUT2D eigenvalue weighted by Crippen LogP contribution is 2.34. The van der Waals surface area contributed by atoms with Crippen LogP contribution in [0, 0.1) is 5.92 Å². The number of pyridine rings is 1. The molecule has 0 spiro atoms. The van der Waals surface area contributed by atoms with E-state index in [0.717, 1.165) is 23.9 Å². The Hall–Kier alpha value is -2.42. The molecule has 1 fully saturated rings. The molecule has 0 aliphatic carbocycles. The van der Waals surface area contributed by atoms with Gasteiger partial charge >= 0.3 is 6.18 Å². The van der Waals surface area contributed by atoms with Crippen molar-refractivity contribution < 1.29 is 22.7 Å². The van der Waals surface area contributed by atoms with Crippen molar-refractivity contribution >= 4 is 5.91 Å². The summed E-state index contributed by atoms with van der Waals surface area (Å²) in [4.78, 5) is 15.7. The normalized spacial score (nSPS) is 21.0. The molecule has 0 bridgehead atoms. The van der Waals surface area contributed by atoms with E-state index in [1.807, 2.05) is 0 Å². The molecule has 9 heteroatoms. The van der Waals surface area contributed by atoms with Crippen LogP contribution in [0.3, 0.4) is 0 Å². The Labute approximate surface area is 135 Å². The Bertz CT molecular complexity index is 703. The Kier molecular flexibility index (Phi) is 4.52. The second-order valence-electron chi connectivity index (χ2n) is 5.48. The average molecular weight is 340 g/mol.